The van der Waals surface area contributed by atoms with E-state index in [-0.39, 0.29) is 17.0 Å². The molecule has 0 saturated carbocycles. The minimum atomic E-state index is -0.296. The van der Waals surface area contributed by atoms with Crippen molar-refractivity contribution in [2.75, 3.05) is 13.1 Å². The number of amides is 1. The maximum Gasteiger partial charge on any atom is 0.235 e. The molecule has 4 nitrogen and oxygen atoms in total. The summed E-state index contributed by atoms with van der Waals surface area (Å²) in [6, 6.07) is 6.04. The molecule has 3 rings (SSSR count). The molecular weight excluding hydrogens is 365 g/mol. The molecule has 24 heavy (non-hydrogen) atoms. The molecule has 1 atom stereocenters. The Balaban J connectivity index is 1.71. The lowest BCUT2D eigenvalue weighted by Crippen LogP contribution is -2.40. The summed E-state index contributed by atoms with van der Waals surface area (Å²) < 4.78 is 16.0. The number of rotatable bonds is 4. The second-order valence-corrected chi connectivity index (χ2v) is 8.88. The SMILES string of the molecule is C[C@H](Sc1nn(-c2ccc(F)cc2)c(=S)s1)C(=O)N1CCCCC1. The second kappa shape index (κ2) is 7.76. The third-order valence-electron chi connectivity index (χ3n) is 3.89. The number of hydrogen-bond donors (Lipinski definition) is 0. The number of halogens is 1. The molecule has 2 heterocycles. The van der Waals surface area contributed by atoms with E-state index in [0.717, 1.165) is 36.0 Å². The van der Waals surface area contributed by atoms with Gasteiger partial charge in [-0.05, 0) is 62.7 Å². The summed E-state index contributed by atoms with van der Waals surface area (Å²) in [5.41, 5.74) is 0.722. The molecule has 1 aliphatic heterocycles. The van der Waals surface area contributed by atoms with Crippen LogP contribution in [0.25, 0.3) is 5.69 Å². The van der Waals surface area contributed by atoms with Crippen LogP contribution in [0.4, 0.5) is 4.39 Å². The van der Waals surface area contributed by atoms with Crippen LogP contribution in [0.3, 0.4) is 0 Å². The Kier molecular flexibility index (Phi) is 5.68. The van der Waals surface area contributed by atoms with Crippen molar-refractivity contribution in [3.8, 4) is 5.69 Å². The molecule has 0 spiro atoms. The summed E-state index contributed by atoms with van der Waals surface area (Å²) in [5, 5.41) is 4.29. The van der Waals surface area contributed by atoms with Crippen LogP contribution in [0.2, 0.25) is 0 Å². The predicted octanol–water partition coefficient (Wildman–Crippen LogP) is 4.30. The van der Waals surface area contributed by atoms with Gasteiger partial charge in [0, 0.05) is 13.1 Å². The Bertz CT molecular complexity index is 766. The highest BCUT2D eigenvalue weighted by molar-refractivity contribution is 8.02. The fourth-order valence-electron chi connectivity index (χ4n) is 2.63. The van der Waals surface area contributed by atoms with E-state index in [1.54, 1.807) is 16.8 Å². The Morgan fingerprint density at radius 1 is 1.29 bits per heavy atom. The smallest absolute Gasteiger partial charge is 0.235 e. The molecule has 1 fully saturated rings. The zero-order chi connectivity index (χ0) is 17.1. The lowest BCUT2D eigenvalue weighted by molar-refractivity contribution is -0.131. The predicted molar refractivity (Wildman–Crippen MR) is 98.0 cm³/mol. The summed E-state index contributed by atoms with van der Waals surface area (Å²) in [5.74, 6) is -0.134. The van der Waals surface area contributed by atoms with Crippen molar-refractivity contribution in [3.63, 3.8) is 0 Å². The number of carbonyl (C=O) groups excluding carboxylic acids is 1. The van der Waals surface area contributed by atoms with E-state index in [2.05, 4.69) is 5.10 Å². The molecule has 0 bridgehead atoms. The van der Waals surface area contributed by atoms with E-state index >= 15 is 0 Å². The van der Waals surface area contributed by atoms with E-state index in [1.165, 1.54) is 41.7 Å². The van der Waals surface area contributed by atoms with Crippen molar-refractivity contribution < 1.29 is 9.18 Å². The summed E-state index contributed by atoms with van der Waals surface area (Å²) in [7, 11) is 0. The van der Waals surface area contributed by atoms with Crippen LogP contribution in [0.5, 0.6) is 0 Å². The fourth-order valence-corrected chi connectivity index (χ4v) is 5.22. The Hall–Kier alpha value is -1.25. The fraction of sp³-hybridized carbons (Fsp3) is 0.438. The van der Waals surface area contributed by atoms with Crippen LogP contribution in [0.1, 0.15) is 26.2 Å². The molecule has 0 radical (unpaired) electrons. The van der Waals surface area contributed by atoms with Gasteiger partial charge in [-0.3, -0.25) is 4.79 Å². The van der Waals surface area contributed by atoms with Crippen LogP contribution in [0.15, 0.2) is 28.6 Å². The van der Waals surface area contributed by atoms with Crippen LogP contribution in [0, 0.1) is 9.77 Å². The Morgan fingerprint density at radius 3 is 2.62 bits per heavy atom. The first kappa shape index (κ1) is 17.6. The van der Waals surface area contributed by atoms with Gasteiger partial charge in [0.25, 0.3) is 0 Å². The number of piperidine rings is 1. The molecule has 1 amide bonds. The van der Waals surface area contributed by atoms with Gasteiger partial charge in [-0.2, -0.15) is 0 Å². The topological polar surface area (TPSA) is 38.1 Å². The van der Waals surface area contributed by atoms with Crippen LogP contribution < -0.4 is 0 Å². The first-order valence-corrected chi connectivity index (χ1v) is 9.96. The average Bonchev–Trinajstić information content (AvgIpc) is 2.96. The van der Waals surface area contributed by atoms with Crippen molar-refractivity contribution >= 4 is 41.2 Å². The van der Waals surface area contributed by atoms with Crippen molar-refractivity contribution in [3.05, 3.63) is 34.0 Å². The number of aromatic nitrogens is 2. The van der Waals surface area contributed by atoms with E-state index in [4.69, 9.17) is 12.2 Å². The minimum absolute atomic E-state index is 0.161. The van der Waals surface area contributed by atoms with E-state index in [9.17, 15) is 9.18 Å². The molecule has 1 aliphatic rings. The molecule has 0 aliphatic carbocycles. The maximum atomic E-state index is 13.0. The number of likely N-dealkylation sites (tertiary alicyclic amines) is 1. The van der Waals surface area contributed by atoms with Crippen LogP contribution in [-0.2, 0) is 4.79 Å². The van der Waals surface area contributed by atoms with Gasteiger partial charge in [-0.25, -0.2) is 9.07 Å². The zero-order valence-electron chi connectivity index (χ0n) is 13.3. The maximum absolute atomic E-state index is 13.0. The van der Waals surface area contributed by atoms with E-state index in [1.807, 2.05) is 11.8 Å². The first-order valence-electron chi connectivity index (χ1n) is 7.86. The molecule has 1 aromatic carbocycles. The standard InChI is InChI=1S/C16H18FN3OS3/c1-11(14(21)19-9-3-2-4-10-19)23-15-18-20(16(22)24-15)13-7-5-12(17)6-8-13/h5-8,11H,2-4,9-10H2,1H3/t11-/m0/s1. The highest BCUT2D eigenvalue weighted by Crippen LogP contribution is 2.29. The molecule has 8 heteroatoms. The lowest BCUT2D eigenvalue weighted by atomic mass is 10.1. The summed E-state index contributed by atoms with van der Waals surface area (Å²) in [6.07, 6.45) is 3.37. The quantitative estimate of drug-likeness (QED) is 0.583. The molecule has 1 saturated heterocycles. The summed E-state index contributed by atoms with van der Waals surface area (Å²) in [4.78, 5) is 14.5. The van der Waals surface area contributed by atoms with Gasteiger partial charge in [-0.15, -0.1) is 5.10 Å². The Labute approximate surface area is 153 Å². The Morgan fingerprint density at radius 2 is 1.96 bits per heavy atom. The third-order valence-corrected chi connectivity index (χ3v) is 6.30. The van der Waals surface area contributed by atoms with Gasteiger partial charge in [0.15, 0.2) is 8.29 Å². The van der Waals surface area contributed by atoms with Gasteiger partial charge in [0.2, 0.25) is 5.91 Å². The number of thioether (sulfide) groups is 1. The van der Waals surface area contributed by atoms with Gasteiger partial charge < -0.3 is 4.90 Å². The zero-order valence-corrected chi connectivity index (χ0v) is 15.7. The third kappa shape index (κ3) is 4.04. The largest absolute Gasteiger partial charge is 0.342 e. The summed E-state index contributed by atoms with van der Waals surface area (Å²) in [6.45, 7) is 3.61. The molecule has 0 N–H and O–H groups in total. The normalized spacial score (nSPS) is 16.2. The number of hydrogen-bond acceptors (Lipinski definition) is 5. The molecular formula is C16H18FN3OS3. The van der Waals surface area contributed by atoms with Gasteiger partial charge in [-0.1, -0.05) is 23.1 Å². The van der Waals surface area contributed by atoms with E-state index in [0.29, 0.717) is 3.95 Å². The molecule has 128 valence electrons. The number of benzene rings is 1. The first-order chi connectivity index (χ1) is 11.5. The van der Waals surface area contributed by atoms with Gasteiger partial charge in [0.05, 0.1) is 10.9 Å². The van der Waals surface area contributed by atoms with Crippen molar-refractivity contribution in [1.82, 2.24) is 14.7 Å². The van der Waals surface area contributed by atoms with E-state index < -0.39 is 0 Å². The number of nitrogens with zero attached hydrogens (tertiary/aromatic N) is 3. The van der Waals surface area contributed by atoms with Gasteiger partial charge in [0.1, 0.15) is 5.82 Å². The monoisotopic (exact) mass is 383 g/mol. The van der Waals surface area contributed by atoms with Crippen molar-refractivity contribution in [2.24, 2.45) is 0 Å². The second-order valence-electron chi connectivity index (χ2n) is 5.67. The highest BCUT2D eigenvalue weighted by atomic mass is 32.2. The summed E-state index contributed by atoms with van der Waals surface area (Å²) >= 11 is 8.15. The highest BCUT2D eigenvalue weighted by Gasteiger charge is 2.24. The number of carbonyl (C=O) groups is 1. The van der Waals surface area contributed by atoms with Crippen LogP contribution >= 0.6 is 35.3 Å². The molecule has 1 aromatic heterocycles. The van der Waals surface area contributed by atoms with Crippen molar-refractivity contribution in [1.29, 1.82) is 0 Å². The lowest BCUT2D eigenvalue weighted by Gasteiger charge is -2.28. The minimum Gasteiger partial charge on any atom is -0.342 e. The average molecular weight is 384 g/mol. The molecule has 0 unspecified atom stereocenters. The molecule has 2 aromatic rings. The van der Waals surface area contributed by atoms with Gasteiger partial charge >= 0.3 is 0 Å². The van der Waals surface area contributed by atoms with Crippen LogP contribution in [-0.4, -0.2) is 38.9 Å². The van der Waals surface area contributed by atoms with Crippen molar-refractivity contribution in [2.45, 2.75) is 35.8 Å².